The summed E-state index contributed by atoms with van der Waals surface area (Å²) in [6.45, 7) is 3.91. The molecule has 0 unspecified atom stereocenters. The first kappa shape index (κ1) is 17.0. The lowest BCUT2D eigenvalue weighted by Gasteiger charge is -2.12. The highest BCUT2D eigenvalue weighted by Gasteiger charge is 2.12. The summed E-state index contributed by atoms with van der Waals surface area (Å²) in [6, 6.07) is 10.5. The Kier molecular flexibility index (Phi) is 4.90. The van der Waals surface area contributed by atoms with Gasteiger partial charge in [-0.1, -0.05) is 34.8 Å². The lowest BCUT2D eigenvalue weighted by molar-refractivity contribution is 0.434. The fourth-order valence-electron chi connectivity index (χ4n) is 2.11. The molecule has 2 aromatic heterocycles. The second kappa shape index (κ2) is 6.93. The Hall–Kier alpha value is -1.88. The molecule has 24 heavy (non-hydrogen) atoms. The van der Waals surface area contributed by atoms with Crippen molar-refractivity contribution < 1.29 is 4.74 Å². The van der Waals surface area contributed by atoms with E-state index in [1.165, 1.54) is 0 Å². The second-order valence-electron chi connectivity index (χ2n) is 5.21. The monoisotopic (exact) mass is 379 g/mol. The van der Waals surface area contributed by atoms with E-state index in [9.17, 15) is 0 Å². The quantitative estimate of drug-likeness (QED) is 0.567. The van der Waals surface area contributed by atoms with E-state index >= 15 is 0 Å². The zero-order valence-electron chi connectivity index (χ0n) is 12.8. The van der Waals surface area contributed by atoms with Gasteiger partial charge in [-0.25, -0.2) is 4.98 Å². The van der Waals surface area contributed by atoms with Gasteiger partial charge in [-0.2, -0.15) is 0 Å². The lowest BCUT2D eigenvalue weighted by Crippen LogP contribution is -1.98. The van der Waals surface area contributed by atoms with Crippen molar-refractivity contribution >= 4 is 34.8 Å². The number of benzene rings is 1. The molecule has 3 aromatic rings. The van der Waals surface area contributed by atoms with Crippen LogP contribution in [-0.4, -0.2) is 15.2 Å². The van der Waals surface area contributed by atoms with Gasteiger partial charge in [0.05, 0.1) is 5.69 Å². The molecule has 0 atom stereocenters. The van der Waals surface area contributed by atoms with E-state index in [1.54, 1.807) is 30.3 Å². The number of hydrogen-bond acceptors (Lipinski definition) is 4. The molecule has 0 saturated heterocycles. The van der Waals surface area contributed by atoms with E-state index in [4.69, 9.17) is 39.5 Å². The molecule has 0 N–H and O–H groups in total. The summed E-state index contributed by atoms with van der Waals surface area (Å²) in [5.41, 5.74) is 3.44. The number of aryl methyl sites for hydroxylation is 1. The summed E-state index contributed by atoms with van der Waals surface area (Å²) >= 11 is 17.9. The van der Waals surface area contributed by atoms with Crippen LogP contribution in [0.15, 0.2) is 36.4 Å². The van der Waals surface area contributed by atoms with E-state index < -0.39 is 0 Å². The third kappa shape index (κ3) is 3.78. The summed E-state index contributed by atoms with van der Waals surface area (Å²) in [6.07, 6.45) is 0. The highest BCUT2D eigenvalue weighted by atomic mass is 35.5. The average molecular weight is 381 g/mol. The SMILES string of the molecule is Cc1cc(-c2cc(Cl)cc(Cl)c2)nc(Oc2ccc(Cl)nn2)c1C. The maximum Gasteiger partial charge on any atom is 0.240 e. The molecule has 0 aliphatic rings. The van der Waals surface area contributed by atoms with Crippen LogP contribution < -0.4 is 4.74 Å². The zero-order chi connectivity index (χ0) is 17.3. The third-order valence-electron chi connectivity index (χ3n) is 3.45. The van der Waals surface area contributed by atoms with Crippen LogP contribution in [0.5, 0.6) is 11.8 Å². The largest absolute Gasteiger partial charge is 0.419 e. The van der Waals surface area contributed by atoms with E-state index in [1.807, 2.05) is 19.9 Å². The van der Waals surface area contributed by atoms with Crippen molar-refractivity contribution in [2.24, 2.45) is 0 Å². The predicted molar refractivity (Wildman–Crippen MR) is 96.3 cm³/mol. The fourth-order valence-corrected chi connectivity index (χ4v) is 2.74. The van der Waals surface area contributed by atoms with E-state index in [2.05, 4.69) is 15.2 Å². The fraction of sp³-hybridized carbons (Fsp3) is 0.118. The molecule has 1 aromatic carbocycles. The highest BCUT2D eigenvalue weighted by molar-refractivity contribution is 6.35. The predicted octanol–water partition coefficient (Wildman–Crippen LogP) is 5.91. The van der Waals surface area contributed by atoms with Gasteiger partial charge in [-0.15, -0.1) is 10.2 Å². The van der Waals surface area contributed by atoms with Crippen molar-refractivity contribution in [2.75, 3.05) is 0 Å². The van der Waals surface area contributed by atoms with Crippen molar-refractivity contribution in [3.63, 3.8) is 0 Å². The van der Waals surface area contributed by atoms with E-state index in [-0.39, 0.29) is 0 Å². The van der Waals surface area contributed by atoms with Crippen LogP contribution in [0.25, 0.3) is 11.3 Å². The molecule has 0 aliphatic carbocycles. The van der Waals surface area contributed by atoms with Gasteiger partial charge in [0.15, 0.2) is 5.15 Å². The molecule has 0 radical (unpaired) electrons. The number of hydrogen-bond donors (Lipinski definition) is 0. The number of aromatic nitrogens is 3. The van der Waals surface area contributed by atoms with Crippen LogP contribution in [0.4, 0.5) is 0 Å². The number of ether oxygens (including phenoxy) is 1. The molecule has 0 aliphatic heterocycles. The molecule has 122 valence electrons. The smallest absolute Gasteiger partial charge is 0.240 e. The Morgan fingerprint density at radius 3 is 2.21 bits per heavy atom. The van der Waals surface area contributed by atoms with Gasteiger partial charge in [0, 0.05) is 27.2 Å². The molecular formula is C17H12Cl3N3O. The third-order valence-corrected chi connectivity index (χ3v) is 4.09. The van der Waals surface area contributed by atoms with Gasteiger partial charge in [-0.05, 0) is 49.7 Å². The first-order valence-electron chi connectivity index (χ1n) is 7.04. The Labute approximate surface area is 154 Å². The number of rotatable bonds is 3. The van der Waals surface area contributed by atoms with E-state index in [0.29, 0.717) is 32.7 Å². The maximum absolute atomic E-state index is 6.08. The molecule has 0 amide bonds. The van der Waals surface area contributed by atoms with Gasteiger partial charge < -0.3 is 4.74 Å². The molecule has 0 fully saturated rings. The molecule has 3 rings (SSSR count). The normalized spacial score (nSPS) is 10.7. The lowest BCUT2D eigenvalue weighted by atomic mass is 10.1. The minimum Gasteiger partial charge on any atom is -0.419 e. The minimum absolute atomic E-state index is 0.297. The Morgan fingerprint density at radius 2 is 1.58 bits per heavy atom. The van der Waals surface area contributed by atoms with Crippen LogP contribution in [0.2, 0.25) is 15.2 Å². The summed E-state index contributed by atoms with van der Waals surface area (Å²) in [7, 11) is 0. The van der Waals surface area contributed by atoms with Crippen molar-refractivity contribution in [1.29, 1.82) is 0 Å². The molecular weight excluding hydrogens is 369 g/mol. The van der Waals surface area contributed by atoms with Crippen molar-refractivity contribution in [2.45, 2.75) is 13.8 Å². The van der Waals surface area contributed by atoms with Crippen molar-refractivity contribution in [3.8, 4) is 23.0 Å². The van der Waals surface area contributed by atoms with Gasteiger partial charge in [0.25, 0.3) is 0 Å². The number of nitrogens with zero attached hydrogens (tertiary/aromatic N) is 3. The molecule has 0 saturated carbocycles. The summed E-state index contributed by atoms with van der Waals surface area (Å²) in [5.74, 6) is 0.758. The van der Waals surface area contributed by atoms with E-state index in [0.717, 1.165) is 16.7 Å². The molecule has 2 heterocycles. The number of halogens is 3. The van der Waals surface area contributed by atoms with Crippen LogP contribution in [0, 0.1) is 13.8 Å². The molecule has 4 nitrogen and oxygen atoms in total. The topological polar surface area (TPSA) is 47.9 Å². The summed E-state index contributed by atoms with van der Waals surface area (Å²) < 4.78 is 5.76. The summed E-state index contributed by atoms with van der Waals surface area (Å²) in [5, 5.41) is 9.03. The second-order valence-corrected chi connectivity index (χ2v) is 6.47. The van der Waals surface area contributed by atoms with Crippen LogP contribution in [-0.2, 0) is 0 Å². The van der Waals surface area contributed by atoms with Gasteiger partial charge in [0.1, 0.15) is 0 Å². The maximum atomic E-state index is 6.08. The Balaban J connectivity index is 2.03. The van der Waals surface area contributed by atoms with Crippen LogP contribution in [0.3, 0.4) is 0 Å². The Bertz CT molecular complexity index is 878. The van der Waals surface area contributed by atoms with Crippen LogP contribution >= 0.6 is 34.8 Å². The number of pyridine rings is 1. The van der Waals surface area contributed by atoms with Gasteiger partial charge >= 0.3 is 0 Å². The van der Waals surface area contributed by atoms with Crippen molar-refractivity contribution in [1.82, 2.24) is 15.2 Å². The molecule has 7 heteroatoms. The first-order chi connectivity index (χ1) is 11.4. The molecule has 0 spiro atoms. The average Bonchev–Trinajstić information content (AvgIpc) is 2.52. The standard InChI is InChI=1S/C17H12Cl3N3O/c1-9-5-14(11-6-12(18)8-13(19)7-11)21-17(10(9)2)24-16-4-3-15(20)22-23-16/h3-8H,1-2H3. The molecule has 0 bridgehead atoms. The first-order valence-corrected chi connectivity index (χ1v) is 8.17. The van der Waals surface area contributed by atoms with Crippen molar-refractivity contribution in [3.05, 3.63) is 62.7 Å². The van der Waals surface area contributed by atoms with Gasteiger partial charge in [0.2, 0.25) is 11.8 Å². The zero-order valence-corrected chi connectivity index (χ0v) is 15.1. The van der Waals surface area contributed by atoms with Gasteiger partial charge in [-0.3, -0.25) is 0 Å². The Morgan fingerprint density at radius 1 is 0.875 bits per heavy atom. The van der Waals surface area contributed by atoms with Crippen LogP contribution in [0.1, 0.15) is 11.1 Å². The minimum atomic E-state index is 0.297. The highest BCUT2D eigenvalue weighted by Crippen LogP contribution is 2.31. The summed E-state index contributed by atoms with van der Waals surface area (Å²) in [4.78, 5) is 4.56.